The number of nitrogens with zero attached hydrogens (tertiary/aromatic N) is 1. The molecule has 0 unspecified atom stereocenters. The quantitative estimate of drug-likeness (QED) is 0.197. The predicted molar refractivity (Wildman–Crippen MR) is 142 cm³/mol. The summed E-state index contributed by atoms with van der Waals surface area (Å²) in [7, 11) is 0. The Morgan fingerprint density at radius 1 is 1.05 bits per heavy atom. The molecule has 0 fully saturated rings. The second-order valence-electron chi connectivity index (χ2n) is 7.47. The first-order valence-corrected chi connectivity index (χ1v) is 12.4. The van der Waals surface area contributed by atoms with Gasteiger partial charge in [-0.2, -0.15) is 18.3 Å². The van der Waals surface area contributed by atoms with Crippen molar-refractivity contribution in [3.63, 3.8) is 0 Å². The highest BCUT2D eigenvalue weighted by Gasteiger charge is 2.34. The summed E-state index contributed by atoms with van der Waals surface area (Å²) in [4.78, 5) is 24.6. The van der Waals surface area contributed by atoms with Gasteiger partial charge in [0, 0.05) is 5.69 Å². The minimum atomic E-state index is -4.69. The molecule has 2 amide bonds. The highest BCUT2D eigenvalue weighted by molar-refractivity contribution is 9.10. The Morgan fingerprint density at radius 3 is 2.47 bits per heavy atom. The average Bonchev–Trinajstić information content (AvgIpc) is 2.85. The van der Waals surface area contributed by atoms with Crippen LogP contribution in [0.2, 0.25) is 10.0 Å². The minimum Gasteiger partial charge on any atom is -0.490 e. The summed E-state index contributed by atoms with van der Waals surface area (Å²) in [6.07, 6.45) is -3.47. The summed E-state index contributed by atoms with van der Waals surface area (Å²) >= 11 is 15.2. The van der Waals surface area contributed by atoms with E-state index in [-0.39, 0.29) is 29.7 Å². The molecule has 0 saturated carbocycles. The van der Waals surface area contributed by atoms with Crippen LogP contribution in [0.5, 0.6) is 11.5 Å². The lowest BCUT2D eigenvalue weighted by molar-refractivity contribution is -0.138. The molecule has 7 nitrogen and oxygen atoms in total. The van der Waals surface area contributed by atoms with Crippen molar-refractivity contribution in [2.75, 3.05) is 18.5 Å². The van der Waals surface area contributed by atoms with Gasteiger partial charge in [-0.25, -0.2) is 5.43 Å². The highest BCUT2D eigenvalue weighted by Crippen LogP contribution is 2.37. The zero-order valence-electron chi connectivity index (χ0n) is 19.5. The van der Waals surface area contributed by atoms with Crippen LogP contribution in [0.1, 0.15) is 28.4 Å². The number of nitrogens with one attached hydrogen (secondary N) is 2. The second-order valence-corrected chi connectivity index (χ2v) is 9.14. The number of halogens is 6. The van der Waals surface area contributed by atoms with Crippen LogP contribution in [-0.4, -0.2) is 31.2 Å². The van der Waals surface area contributed by atoms with Gasteiger partial charge in [-0.05, 0) is 70.9 Å². The van der Waals surface area contributed by atoms with E-state index in [0.717, 1.165) is 12.1 Å². The second kappa shape index (κ2) is 13.0. The van der Waals surface area contributed by atoms with Crippen molar-refractivity contribution in [2.24, 2.45) is 5.10 Å². The van der Waals surface area contributed by atoms with Gasteiger partial charge in [0.05, 0.1) is 38.5 Å². The van der Waals surface area contributed by atoms with Gasteiger partial charge in [0.15, 0.2) is 18.1 Å². The third-order valence-electron chi connectivity index (χ3n) is 4.74. The first-order valence-electron chi connectivity index (χ1n) is 10.8. The van der Waals surface area contributed by atoms with Gasteiger partial charge in [0.2, 0.25) is 0 Å². The maximum absolute atomic E-state index is 13.2. The third-order valence-corrected chi connectivity index (χ3v) is 6.07. The summed E-state index contributed by atoms with van der Waals surface area (Å²) in [5.41, 5.74) is 1.32. The molecule has 3 aromatic rings. The third kappa shape index (κ3) is 7.86. The van der Waals surface area contributed by atoms with Crippen molar-refractivity contribution in [1.82, 2.24) is 5.43 Å². The summed E-state index contributed by atoms with van der Waals surface area (Å²) in [5.74, 6) is -0.993. The zero-order valence-corrected chi connectivity index (χ0v) is 22.6. The fourth-order valence-corrected chi connectivity index (χ4v) is 4.00. The molecular weight excluding hydrogens is 614 g/mol. The summed E-state index contributed by atoms with van der Waals surface area (Å²) in [6.45, 7) is 1.65. The van der Waals surface area contributed by atoms with Crippen LogP contribution < -0.4 is 20.2 Å². The van der Waals surface area contributed by atoms with Gasteiger partial charge >= 0.3 is 6.18 Å². The van der Waals surface area contributed by atoms with E-state index < -0.39 is 29.1 Å². The van der Waals surface area contributed by atoms with Crippen LogP contribution in [0.4, 0.5) is 18.9 Å². The minimum absolute atomic E-state index is 0.233. The number of rotatable bonds is 9. The van der Waals surface area contributed by atoms with Crippen LogP contribution in [0.15, 0.2) is 64.2 Å². The van der Waals surface area contributed by atoms with Gasteiger partial charge in [-0.1, -0.05) is 35.3 Å². The monoisotopic (exact) mass is 631 g/mol. The topological polar surface area (TPSA) is 89.0 Å². The molecule has 3 rings (SSSR count). The van der Waals surface area contributed by atoms with E-state index in [2.05, 4.69) is 31.8 Å². The maximum Gasteiger partial charge on any atom is 0.417 e. The molecule has 0 saturated heterocycles. The fraction of sp³-hybridized carbons (Fsp3) is 0.160. The van der Waals surface area contributed by atoms with Crippen molar-refractivity contribution >= 4 is 62.8 Å². The Balaban J connectivity index is 1.69. The molecule has 0 spiro atoms. The molecule has 0 heterocycles. The van der Waals surface area contributed by atoms with Crippen LogP contribution in [0.25, 0.3) is 0 Å². The molecule has 0 radical (unpaired) electrons. The molecule has 13 heteroatoms. The Bertz CT molecular complexity index is 1370. The van der Waals surface area contributed by atoms with Gasteiger partial charge in [0.25, 0.3) is 11.8 Å². The largest absolute Gasteiger partial charge is 0.490 e. The lowest BCUT2D eigenvalue weighted by atomic mass is 10.1. The zero-order chi connectivity index (χ0) is 27.9. The summed E-state index contributed by atoms with van der Waals surface area (Å²) in [6, 6.07) is 12.1. The van der Waals surface area contributed by atoms with Gasteiger partial charge in [-0.15, -0.1) is 0 Å². The number of carbonyl (C=O) groups excluding carboxylic acids is 2. The molecule has 0 aliphatic carbocycles. The normalized spacial score (nSPS) is 11.3. The highest BCUT2D eigenvalue weighted by atomic mass is 79.9. The Kier molecular flexibility index (Phi) is 10.0. The van der Waals surface area contributed by atoms with Crippen LogP contribution in [0.3, 0.4) is 0 Å². The van der Waals surface area contributed by atoms with E-state index in [1.54, 1.807) is 25.1 Å². The molecule has 0 aromatic heterocycles. The Morgan fingerprint density at radius 2 is 1.79 bits per heavy atom. The van der Waals surface area contributed by atoms with Crippen LogP contribution in [0, 0.1) is 0 Å². The lowest BCUT2D eigenvalue weighted by Crippen LogP contribution is -2.22. The Labute approximate surface area is 234 Å². The molecule has 0 aliphatic rings. The maximum atomic E-state index is 13.2. The molecule has 3 aromatic carbocycles. The Hall–Kier alpha value is -3.28. The van der Waals surface area contributed by atoms with E-state index in [1.165, 1.54) is 30.5 Å². The molecule has 2 N–H and O–H groups in total. The van der Waals surface area contributed by atoms with E-state index in [4.69, 9.17) is 32.7 Å². The van der Waals surface area contributed by atoms with Crippen molar-refractivity contribution in [3.05, 3.63) is 85.8 Å². The van der Waals surface area contributed by atoms with Gasteiger partial charge < -0.3 is 14.8 Å². The fourth-order valence-electron chi connectivity index (χ4n) is 3.13. The first-order chi connectivity index (χ1) is 18.0. The summed E-state index contributed by atoms with van der Waals surface area (Å²) < 4.78 is 51.1. The first kappa shape index (κ1) is 29.3. The number of ether oxygens (including phenoxy) is 2. The number of alkyl halides is 3. The SMILES string of the molecule is CCOc1cc(/C=N/NC(=O)c2ccccc2C(F)(F)F)cc(Br)c1OCC(=O)Nc1ccc(Cl)c(Cl)c1. The molecule has 0 aliphatic heterocycles. The smallest absolute Gasteiger partial charge is 0.417 e. The van der Waals surface area contributed by atoms with Crippen molar-refractivity contribution < 1.29 is 32.2 Å². The number of amides is 2. The molecule has 0 bridgehead atoms. The number of anilines is 1. The van der Waals surface area contributed by atoms with Crippen LogP contribution in [-0.2, 0) is 11.0 Å². The van der Waals surface area contributed by atoms with Crippen molar-refractivity contribution in [2.45, 2.75) is 13.1 Å². The molecular formula is C25H19BrCl2F3N3O4. The number of benzene rings is 3. The number of hydrazone groups is 1. The summed E-state index contributed by atoms with van der Waals surface area (Å²) in [5, 5.41) is 7.02. The van der Waals surface area contributed by atoms with Gasteiger partial charge in [-0.3, -0.25) is 9.59 Å². The van der Waals surface area contributed by atoms with E-state index in [1.807, 2.05) is 0 Å². The lowest BCUT2D eigenvalue weighted by Gasteiger charge is -2.15. The molecule has 38 heavy (non-hydrogen) atoms. The molecule has 0 atom stereocenters. The number of hydrogen-bond donors (Lipinski definition) is 2. The van der Waals surface area contributed by atoms with Gasteiger partial charge in [0.1, 0.15) is 0 Å². The average molecular weight is 633 g/mol. The molecule has 200 valence electrons. The van der Waals surface area contributed by atoms with E-state index in [0.29, 0.717) is 20.7 Å². The predicted octanol–water partition coefficient (Wildman–Crippen LogP) is 6.95. The van der Waals surface area contributed by atoms with Crippen LogP contribution >= 0.6 is 39.1 Å². The van der Waals surface area contributed by atoms with Crippen molar-refractivity contribution in [3.8, 4) is 11.5 Å². The van der Waals surface area contributed by atoms with E-state index >= 15 is 0 Å². The number of carbonyl (C=O) groups is 2. The number of hydrogen-bond acceptors (Lipinski definition) is 5. The standard InChI is InChI=1S/C25H19BrCl2F3N3O4/c1-2-37-21-10-14(12-32-34-24(36)16-5-3-4-6-17(16)25(29,30)31)9-18(26)23(21)38-13-22(35)33-15-7-8-19(27)20(28)11-15/h3-12H,2,13H2,1H3,(H,33,35)(H,34,36)/b32-12+. The van der Waals surface area contributed by atoms with Crippen molar-refractivity contribution in [1.29, 1.82) is 0 Å². The van der Waals surface area contributed by atoms with E-state index in [9.17, 15) is 22.8 Å².